The third kappa shape index (κ3) is 4.48. The minimum atomic E-state index is -3.29. The monoisotopic (exact) mass is 301 g/mol. The molecular formula is C14H20ClNO2S. The second-order valence-corrected chi connectivity index (χ2v) is 7.23. The molecular weight excluding hydrogens is 282 g/mol. The zero-order valence-corrected chi connectivity index (χ0v) is 12.5. The standard InChI is InChI=1S/C14H20ClNO2S/c15-10-13-8-4-5-9-14(13)16-19(17,18)11-12-6-2-1-3-7-12/h1-3,6-7,13-14,16H,4-5,8-11H2. The Morgan fingerprint density at radius 1 is 1.16 bits per heavy atom. The van der Waals surface area contributed by atoms with Crippen LogP contribution in [-0.2, 0) is 15.8 Å². The number of hydrogen-bond acceptors (Lipinski definition) is 2. The van der Waals surface area contributed by atoms with E-state index >= 15 is 0 Å². The molecule has 2 unspecified atom stereocenters. The Morgan fingerprint density at radius 3 is 2.53 bits per heavy atom. The summed E-state index contributed by atoms with van der Waals surface area (Å²) in [5.74, 6) is 0.832. The summed E-state index contributed by atoms with van der Waals surface area (Å²) in [5, 5.41) is 0. The van der Waals surface area contributed by atoms with Crippen molar-refractivity contribution in [1.82, 2.24) is 4.72 Å². The third-order valence-corrected chi connectivity index (χ3v) is 5.41. The summed E-state index contributed by atoms with van der Waals surface area (Å²) in [5.41, 5.74) is 0.813. The fraction of sp³-hybridized carbons (Fsp3) is 0.571. The number of hydrogen-bond donors (Lipinski definition) is 1. The molecule has 0 aliphatic heterocycles. The number of halogens is 1. The van der Waals surface area contributed by atoms with Crippen molar-refractivity contribution in [3.63, 3.8) is 0 Å². The van der Waals surface area contributed by atoms with Crippen LogP contribution in [0.15, 0.2) is 30.3 Å². The highest BCUT2D eigenvalue weighted by atomic mass is 35.5. The van der Waals surface area contributed by atoms with E-state index in [2.05, 4.69) is 4.72 Å². The Hall–Kier alpha value is -0.580. The maximum atomic E-state index is 12.2. The molecule has 1 aromatic rings. The van der Waals surface area contributed by atoms with Gasteiger partial charge in [-0.1, -0.05) is 43.2 Å². The van der Waals surface area contributed by atoms with Crippen molar-refractivity contribution in [1.29, 1.82) is 0 Å². The van der Waals surface area contributed by atoms with Gasteiger partial charge in [-0.15, -0.1) is 11.6 Å². The van der Waals surface area contributed by atoms with Crippen molar-refractivity contribution in [3.05, 3.63) is 35.9 Å². The molecule has 1 aromatic carbocycles. The lowest BCUT2D eigenvalue weighted by atomic mass is 9.86. The van der Waals surface area contributed by atoms with Crippen LogP contribution < -0.4 is 4.72 Å². The molecule has 0 heterocycles. The molecule has 0 bridgehead atoms. The van der Waals surface area contributed by atoms with Gasteiger partial charge in [-0.2, -0.15) is 0 Å². The van der Waals surface area contributed by atoms with Gasteiger partial charge in [0.25, 0.3) is 0 Å². The molecule has 1 fully saturated rings. The van der Waals surface area contributed by atoms with E-state index in [1.54, 1.807) is 0 Å². The molecule has 1 N–H and O–H groups in total. The van der Waals surface area contributed by atoms with Gasteiger partial charge in [0.1, 0.15) is 0 Å². The number of nitrogens with one attached hydrogen (secondary N) is 1. The molecule has 106 valence electrons. The molecule has 0 spiro atoms. The molecule has 1 aliphatic rings. The summed E-state index contributed by atoms with van der Waals surface area (Å²) in [6.45, 7) is 0. The average molecular weight is 302 g/mol. The van der Waals surface area contributed by atoms with Crippen LogP contribution in [0, 0.1) is 5.92 Å². The molecule has 1 aliphatic carbocycles. The smallest absolute Gasteiger partial charge is 0.212 e. The summed E-state index contributed by atoms with van der Waals surface area (Å²) >= 11 is 5.93. The van der Waals surface area contributed by atoms with Crippen LogP contribution in [0.25, 0.3) is 0 Å². The molecule has 2 atom stereocenters. The van der Waals surface area contributed by atoms with Gasteiger partial charge in [0, 0.05) is 11.9 Å². The maximum Gasteiger partial charge on any atom is 0.216 e. The van der Waals surface area contributed by atoms with Gasteiger partial charge in [0.15, 0.2) is 0 Å². The normalized spacial score (nSPS) is 24.3. The highest BCUT2D eigenvalue weighted by molar-refractivity contribution is 7.88. The lowest BCUT2D eigenvalue weighted by molar-refractivity contribution is 0.313. The molecule has 0 saturated heterocycles. The van der Waals surface area contributed by atoms with Crippen molar-refractivity contribution in [2.24, 2.45) is 5.92 Å². The first kappa shape index (κ1) is 14.8. The Bertz CT molecular complexity index is 489. The first-order valence-corrected chi connectivity index (χ1v) is 8.89. The van der Waals surface area contributed by atoms with Crippen molar-refractivity contribution in [3.8, 4) is 0 Å². The minimum Gasteiger partial charge on any atom is -0.212 e. The fourth-order valence-corrected chi connectivity index (χ4v) is 4.47. The molecule has 5 heteroatoms. The average Bonchev–Trinajstić information content (AvgIpc) is 2.39. The first-order valence-electron chi connectivity index (χ1n) is 6.70. The molecule has 0 radical (unpaired) electrons. The van der Waals surface area contributed by atoms with Crippen LogP contribution >= 0.6 is 11.6 Å². The van der Waals surface area contributed by atoms with Gasteiger partial charge < -0.3 is 0 Å². The van der Waals surface area contributed by atoms with E-state index in [9.17, 15) is 8.42 Å². The van der Waals surface area contributed by atoms with Gasteiger partial charge in [-0.05, 0) is 24.3 Å². The van der Waals surface area contributed by atoms with Crippen molar-refractivity contribution in [2.75, 3.05) is 5.88 Å². The minimum absolute atomic E-state index is 0.0000350. The topological polar surface area (TPSA) is 46.2 Å². The van der Waals surface area contributed by atoms with E-state index < -0.39 is 10.0 Å². The van der Waals surface area contributed by atoms with Gasteiger partial charge in [0.2, 0.25) is 10.0 Å². The van der Waals surface area contributed by atoms with Crippen LogP contribution in [0.3, 0.4) is 0 Å². The number of sulfonamides is 1. The summed E-state index contributed by atoms with van der Waals surface area (Å²) < 4.78 is 27.2. The molecule has 3 nitrogen and oxygen atoms in total. The van der Waals surface area contributed by atoms with Gasteiger partial charge in [0.05, 0.1) is 5.75 Å². The predicted octanol–water partition coefficient (Wildman–Crippen LogP) is 2.90. The number of benzene rings is 1. The van der Waals surface area contributed by atoms with E-state index in [0.717, 1.165) is 31.2 Å². The lowest BCUT2D eigenvalue weighted by Crippen LogP contribution is -2.43. The largest absolute Gasteiger partial charge is 0.216 e. The van der Waals surface area contributed by atoms with E-state index in [4.69, 9.17) is 11.6 Å². The Labute approximate surface area is 120 Å². The molecule has 19 heavy (non-hydrogen) atoms. The van der Waals surface area contributed by atoms with Crippen LogP contribution in [0.2, 0.25) is 0 Å². The van der Waals surface area contributed by atoms with E-state index in [-0.39, 0.29) is 17.7 Å². The van der Waals surface area contributed by atoms with Gasteiger partial charge in [-0.25, -0.2) is 13.1 Å². The van der Waals surface area contributed by atoms with Crippen LogP contribution in [0.5, 0.6) is 0 Å². The highest BCUT2D eigenvalue weighted by Crippen LogP contribution is 2.26. The van der Waals surface area contributed by atoms with Gasteiger partial charge >= 0.3 is 0 Å². The molecule has 0 amide bonds. The SMILES string of the molecule is O=S(=O)(Cc1ccccc1)NC1CCCCC1CCl. The predicted molar refractivity (Wildman–Crippen MR) is 78.7 cm³/mol. The van der Waals surface area contributed by atoms with Gasteiger partial charge in [-0.3, -0.25) is 0 Å². The quantitative estimate of drug-likeness (QED) is 0.850. The summed E-state index contributed by atoms with van der Waals surface area (Å²) in [7, 11) is -3.29. The fourth-order valence-electron chi connectivity index (χ4n) is 2.61. The lowest BCUT2D eigenvalue weighted by Gasteiger charge is -2.30. The molecule has 1 saturated carbocycles. The first-order chi connectivity index (χ1) is 9.11. The molecule has 2 rings (SSSR count). The second-order valence-electron chi connectivity index (χ2n) is 5.17. The summed E-state index contributed by atoms with van der Waals surface area (Å²) in [4.78, 5) is 0. The van der Waals surface area contributed by atoms with Crippen molar-refractivity contribution in [2.45, 2.75) is 37.5 Å². The summed E-state index contributed by atoms with van der Waals surface area (Å²) in [6.07, 6.45) is 4.13. The molecule has 0 aromatic heterocycles. The van der Waals surface area contributed by atoms with Crippen molar-refractivity contribution < 1.29 is 8.42 Å². The third-order valence-electron chi connectivity index (χ3n) is 3.64. The van der Waals surface area contributed by atoms with Crippen LogP contribution in [0.4, 0.5) is 0 Å². The summed E-state index contributed by atoms with van der Waals surface area (Å²) in [6, 6.07) is 9.26. The van der Waals surface area contributed by atoms with Crippen LogP contribution in [-0.4, -0.2) is 20.3 Å². The Morgan fingerprint density at radius 2 is 1.84 bits per heavy atom. The maximum absolute atomic E-state index is 12.2. The zero-order chi connectivity index (χ0) is 13.7. The van der Waals surface area contributed by atoms with E-state index in [0.29, 0.717) is 5.88 Å². The van der Waals surface area contributed by atoms with E-state index in [1.807, 2.05) is 30.3 Å². The van der Waals surface area contributed by atoms with Crippen LogP contribution in [0.1, 0.15) is 31.2 Å². The Balaban J connectivity index is 2.00. The zero-order valence-electron chi connectivity index (χ0n) is 10.9. The number of rotatable bonds is 5. The Kier molecular flexibility index (Phi) is 5.25. The van der Waals surface area contributed by atoms with Crippen molar-refractivity contribution >= 4 is 21.6 Å². The highest BCUT2D eigenvalue weighted by Gasteiger charge is 2.28. The van der Waals surface area contributed by atoms with E-state index in [1.165, 1.54) is 0 Å². The second kappa shape index (κ2) is 6.73. The number of alkyl halides is 1.